The van der Waals surface area contributed by atoms with Gasteiger partial charge in [0.15, 0.2) is 0 Å². The fourth-order valence-corrected chi connectivity index (χ4v) is 4.67. The third-order valence-corrected chi connectivity index (χ3v) is 6.68. The fraction of sp³-hybridized carbons (Fsp3) is 0.364. The molecule has 9 heteroatoms. The van der Waals surface area contributed by atoms with Gasteiger partial charge >= 0.3 is 6.03 Å². The van der Waals surface area contributed by atoms with E-state index in [-0.39, 0.29) is 4.90 Å². The van der Waals surface area contributed by atoms with Crippen molar-refractivity contribution in [2.45, 2.75) is 31.6 Å². The van der Waals surface area contributed by atoms with Gasteiger partial charge in [-0.15, -0.1) is 0 Å². The molecule has 3 rings (SSSR count). The standard InChI is InChI=1S/C22H27N3O5S/c1-3-30-20-9-5-4-8-19(20)23-21(26)16-25(22(27)24-14-6-7-15-24)31(28,29)18-12-10-17(2)11-13-18/h4-5,8-13H,3,6-7,14-16H2,1-2H3,(H,23,26). The van der Waals surface area contributed by atoms with Crippen molar-refractivity contribution in [1.29, 1.82) is 0 Å². The molecule has 3 amide bonds. The Balaban J connectivity index is 1.87. The summed E-state index contributed by atoms with van der Waals surface area (Å²) in [5.41, 5.74) is 1.30. The number of hydrogen-bond acceptors (Lipinski definition) is 5. The first-order valence-electron chi connectivity index (χ1n) is 10.2. The Labute approximate surface area is 182 Å². The maximum absolute atomic E-state index is 13.3. The van der Waals surface area contributed by atoms with Crippen molar-refractivity contribution < 1.29 is 22.7 Å². The Bertz CT molecular complexity index is 1030. The van der Waals surface area contributed by atoms with Gasteiger partial charge in [0.2, 0.25) is 5.91 Å². The number of hydrogen-bond donors (Lipinski definition) is 1. The summed E-state index contributed by atoms with van der Waals surface area (Å²) in [4.78, 5) is 27.3. The highest BCUT2D eigenvalue weighted by Gasteiger charge is 2.35. The van der Waals surface area contributed by atoms with Crippen LogP contribution in [0.1, 0.15) is 25.3 Å². The highest BCUT2D eigenvalue weighted by Crippen LogP contribution is 2.25. The molecule has 1 aliphatic heterocycles. The summed E-state index contributed by atoms with van der Waals surface area (Å²) in [5, 5.41) is 2.66. The van der Waals surface area contributed by atoms with E-state index in [1.54, 1.807) is 36.4 Å². The van der Waals surface area contributed by atoms with Gasteiger partial charge in [-0.3, -0.25) is 4.79 Å². The number of aryl methyl sites for hydroxylation is 1. The van der Waals surface area contributed by atoms with E-state index in [2.05, 4.69) is 5.32 Å². The second-order valence-electron chi connectivity index (χ2n) is 7.28. The lowest BCUT2D eigenvalue weighted by Gasteiger charge is -2.27. The molecule has 1 saturated heterocycles. The second-order valence-corrected chi connectivity index (χ2v) is 9.14. The van der Waals surface area contributed by atoms with Crippen LogP contribution in [0.5, 0.6) is 5.75 Å². The molecule has 1 heterocycles. The highest BCUT2D eigenvalue weighted by molar-refractivity contribution is 7.89. The molecule has 2 aromatic rings. The Morgan fingerprint density at radius 2 is 1.71 bits per heavy atom. The maximum atomic E-state index is 13.3. The minimum Gasteiger partial charge on any atom is -0.492 e. The number of carbonyl (C=O) groups is 2. The molecule has 1 N–H and O–H groups in total. The van der Waals surface area contributed by atoms with E-state index in [0.29, 0.717) is 35.4 Å². The summed E-state index contributed by atoms with van der Waals surface area (Å²) in [6.07, 6.45) is 1.61. The number of urea groups is 1. The van der Waals surface area contributed by atoms with Crippen LogP contribution in [0.3, 0.4) is 0 Å². The van der Waals surface area contributed by atoms with Crippen molar-refractivity contribution in [2.75, 3.05) is 31.6 Å². The van der Waals surface area contributed by atoms with Crippen molar-refractivity contribution in [2.24, 2.45) is 0 Å². The third-order valence-electron chi connectivity index (χ3n) is 4.95. The number of para-hydroxylation sites is 2. The first kappa shape index (κ1) is 22.6. The van der Waals surface area contributed by atoms with E-state index >= 15 is 0 Å². The fourth-order valence-electron chi connectivity index (χ4n) is 3.33. The molecule has 31 heavy (non-hydrogen) atoms. The Hall–Kier alpha value is -3.07. The van der Waals surface area contributed by atoms with Crippen LogP contribution < -0.4 is 10.1 Å². The van der Waals surface area contributed by atoms with Crippen molar-refractivity contribution in [3.05, 3.63) is 54.1 Å². The van der Waals surface area contributed by atoms with Gasteiger partial charge in [0, 0.05) is 13.1 Å². The van der Waals surface area contributed by atoms with Gasteiger partial charge in [0.05, 0.1) is 17.2 Å². The summed E-state index contributed by atoms with van der Waals surface area (Å²) in [7, 11) is -4.21. The number of ether oxygens (including phenoxy) is 1. The normalized spacial score (nSPS) is 13.7. The molecule has 0 bridgehead atoms. The molecule has 166 valence electrons. The van der Waals surface area contributed by atoms with Gasteiger partial charge < -0.3 is 15.0 Å². The summed E-state index contributed by atoms with van der Waals surface area (Å²) >= 11 is 0. The van der Waals surface area contributed by atoms with Crippen LogP contribution in [-0.4, -0.2) is 55.8 Å². The third kappa shape index (κ3) is 5.35. The van der Waals surface area contributed by atoms with Crippen LogP contribution in [0.2, 0.25) is 0 Å². The molecule has 0 spiro atoms. The van der Waals surface area contributed by atoms with Crippen LogP contribution in [0.4, 0.5) is 10.5 Å². The van der Waals surface area contributed by atoms with Crippen LogP contribution in [0, 0.1) is 6.92 Å². The number of amides is 3. The molecule has 0 saturated carbocycles. The SMILES string of the molecule is CCOc1ccccc1NC(=O)CN(C(=O)N1CCCC1)S(=O)(=O)c1ccc(C)cc1. The topological polar surface area (TPSA) is 96.0 Å². The van der Waals surface area contributed by atoms with E-state index in [4.69, 9.17) is 4.74 Å². The summed E-state index contributed by atoms with van der Waals surface area (Å²) in [5.74, 6) is -0.160. The van der Waals surface area contributed by atoms with Gasteiger partial charge in [-0.25, -0.2) is 17.5 Å². The van der Waals surface area contributed by atoms with Crippen molar-refractivity contribution in [3.63, 3.8) is 0 Å². The van der Waals surface area contributed by atoms with E-state index < -0.39 is 28.5 Å². The number of rotatable bonds is 7. The average Bonchev–Trinajstić information content (AvgIpc) is 3.28. The van der Waals surface area contributed by atoms with E-state index in [0.717, 1.165) is 18.4 Å². The van der Waals surface area contributed by atoms with E-state index in [1.165, 1.54) is 17.0 Å². The molecule has 0 unspecified atom stereocenters. The van der Waals surface area contributed by atoms with Crippen molar-refractivity contribution >= 4 is 27.6 Å². The average molecular weight is 446 g/mol. The van der Waals surface area contributed by atoms with Gasteiger partial charge in [-0.05, 0) is 51.0 Å². The lowest BCUT2D eigenvalue weighted by Crippen LogP contribution is -2.48. The molecule has 1 fully saturated rings. The van der Waals surface area contributed by atoms with Crippen molar-refractivity contribution in [1.82, 2.24) is 9.21 Å². The van der Waals surface area contributed by atoms with Gasteiger partial charge in [-0.1, -0.05) is 29.8 Å². The molecule has 8 nitrogen and oxygen atoms in total. The number of nitrogens with one attached hydrogen (secondary N) is 1. The molecule has 0 radical (unpaired) electrons. The number of anilines is 1. The van der Waals surface area contributed by atoms with Gasteiger partial charge in [-0.2, -0.15) is 0 Å². The van der Waals surface area contributed by atoms with Crippen LogP contribution in [0.25, 0.3) is 0 Å². The van der Waals surface area contributed by atoms with Crippen LogP contribution in [0.15, 0.2) is 53.4 Å². The Kier molecular flexibility index (Phi) is 7.17. The van der Waals surface area contributed by atoms with Gasteiger partial charge in [0.1, 0.15) is 12.3 Å². The monoisotopic (exact) mass is 445 g/mol. The minimum absolute atomic E-state index is 0.0341. The molecule has 0 aliphatic carbocycles. The molecule has 0 aromatic heterocycles. The molecule has 1 aliphatic rings. The van der Waals surface area contributed by atoms with E-state index in [9.17, 15) is 18.0 Å². The first-order valence-corrected chi connectivity index (χ1v) is 11.7. The maximum Gasteiger partial charge on any atom is 0.334 e. The predicted octanol–water partition coefficient (Wildman–Crippen LogP) is 3.24. The van der Waals surface area contributed by atoms with Crippen LogP contribution >= 0.6 is 0 Å². The number of sulfonamides is 1. The second kappa shape index (κ2) is 9.82. The van der Waals surface area contributed by atoms with Crippen LogP contribution in [-0.2, 0) is 14.8 Å². The van der Waals surface area contributed by atoms with Gasteiger partial charge in [0.25, 0.3) is 10.0 Å². The lowest BCUT2D eigenvalue weighted by atomic mass is 10.2. The Morgan fingerprint density at radius 3 is 2.35 bits per heavy atom. The van der Waals surface area contributed by atoms with E-state index in [1.807, 2.05) is 13.8 Å². The zero-order chi connectivity index (χ0) is 22.4. The smallest absolute Gasteiger partial charge is 0.334 e. The summed E-state index contributed by atoms with van der Waals surface area (Å²) in [6, 6.07) is 12.4. The first-order chi connectivity index (χ1) is 14.8. The minimum atomic E-state index is -4.21. The van der Waals surface area contributed by atoms with Crippen molar-refractivity contribution in [3.8, 4) is 5.75 Å². The summed E-state index contributed by atoms with van der Waals surface area (Å²) in [6.45, 7) is 4.37. The molecule has 2 aromatic carbocycles. The number of likely N-dealkylation sites (tertiary alicyclic amines) is 1. The summed E-state index contributed by atoms with van der Waals surface area (Å²) < 4.78 is 32.7. The molecular formula is C22H27N3O5S. The highest BCUT2D eigenvalue weighted by atomic mass is 32.2. The molecular weight excluding hydrogens is 418 g/mol. The quantitative estimate of drug-likeness (QED) is 0.706. The zero-order valence-corrected chi connectivity index (χ0v) is 18.5. The largest absolute Gasteiger partial charge is 0.492 e. The zero-order valence-electron chi connectivity index (χ0n) is 17.7. The number of nitrogens with zero attached hydrogens (tertiary/aromatic N) is 2. The number of benzene rings is 2. The molecule has 0 atom stereocenters. The number of carbonyl (C=O) groups excluding carboxylic acids is 2. The Morgan fingerprint density at radius 1 is 1.06 bits per heavy atom. The predicted molar refractivity (Wildman–Crippen MR) is 118 cm³/mol. The lowest BCUT2D eigenvalue weighted by molar-refractivity contribution is -0.116.